The molecule has 18 heavy (non-hydrogen) atoms. The van der Waals surface area contributed by atoms with E-state index >= 15 is 0 Å². The largest absolute Gasteiger partial charge is 0.491 e. The Balaban J connectivity index is 2.34. The summed E-state index contributed by atoms with van der Waals surface area (Å²) in [5.41, 5.74) is 7.66. The predicted molar refractivity (Wildman–Crippen MR) is 72.4 cm³/mol. The molecule has 2 aromatic rings. The number of nitrogens with two attached hydrogens (primary N) is 1. The minimum Gasteiger partial charge on any atom is -0.491 e. The molecule has 0 atom stereocenters. The van der Waals surface area contributed by atoms with Crippen LogP contribution in [0.2, 0.25) is 0 Å². The first-order valence-corrected chi connectivity index (χ1v) is 5.92. The molecule has 0 spiro atoms. The van der Waals surface area contributed by atoms with Gasteiger partial charge in [0.25, 0.3) is 0 Å². The highest BCUT2D eigenvalue weighted by Crippen LogP contribution is 2.25. The Morgan fingerprint density at radius 2 is 2.00 bits per heavy atom. The molecule has 1 aromatic carbocycles. The van der Waals surface area contributed by atoms with Gasteiger partial charge in [-0.2, -0.15) is 0 Å². The summed E-state index contributed by atoms with van der Waals surface area (Å²) >= 11 is 0. The lowest BCUT2D eigenvalue weighted by molar-refractivity contribution is 0.241. The van der Waals surface area contributed by atoms with Gasteiger partial charge in [0, 0.05) is 11.8 Å². The lowest BCUT2D eigenvalue weighted by Crippen LogP contribution is -2.06. The zero-order valence-corrected chi connectivity index (χ0v) is 10.8. The zero-order chi connectivity index (χ0) is 13.1. The summed E-state index contributed by atoms with van der Waals surface area (Å²) in [7, 11) is 0. The third-order valence-electron chi connectivity index (χ3n) is 2.47. The smallest absolute Gasteiger partial charge is 0.161 e. The van der Waals surface area contributed by atoms with Gasteiger partial charge in [-0.1, -0.05) is 0 Å². The number of nitrogen functional groups attached to an aromatic ring is 1. The van der Waals surface area contributed by atoms with Crippen molar-refractivity contribution in [2.24, 2.45) is 0 Å². The van der Waals surface area contributed by atoms with Crippen molar-refractivity contribution in [3.05, 3.63) is 36.0 Å². The molecule has 0 aliphatic rings. The van der Waals surface area contributed by atoms with E-state index in [1.807, 2.05) is 39.0 Å². The molecular weight excluding hydrogens is 226 g/mol. The number of nitrogens with zero attached hydrogens (tertiary/aromatic N) is 2. The first-order chi connectivity index (χ1) is 8.56. The van der Waals surface area contributed by atoms with Crippen LogP contribution in [0, 0.1) is 6.92 Å². The number of aromatic nitrogens is 2. The molecule has 0 radical (unpaired) electrons. The zero-order valence-electron chi connectivity index (χ0n) is 10.8. The van der Waals surface area contributed by atoms with Crippen LogP contribution in [0.3, 0.4) is 0 Å². The molecule has 0 bridgehead atoms. The Hall–Kier alpha value is -2.10. The lowest BCUT2D eigenvalue weighted by Gasteiger charge is -2.13. The maximum Gasteiger partial charge on any atom is 0.161 e. The van der Waals surface area contributed by atoms with Crippen molar-refractivity contribution >= 4 is 5.82 Å². The van der Waals surface area contributed by atoms with Crippen LogP contribution in [0.5, 0.6) is 5.75 Å². The minimum absolute atomic E-state index is 0.165. The topological polar surface area (TPSA) is 61.0 Å². The normalized spacial score (nSPS) is 10.7. The van der Waals surface area contributed by atoms with E-state index in [4.69, 9.17) is 10.5 Å². The molecule has 1 aromatic heterocycles. The molecule has 0 aliphatic carbocycles. The van der Waals surface area contributed by atoms with E-state index in [-0.39, 0.29) is 6.10 Å². The van der Waals surface area contributed by atoms with Gasteiger partial charge < -0.3 is 10.5 Å². The van der Waals surface area contributed by atoms with E-state index in [9.17, 15) is 0 Å². The van der Waals surface area contributed by atoms with Crippen molar-refractivity contribution < 1.29 is 4.74 Å². The summed E-state index contributed by atoms with van der Waals surface area (Å²) in [5.74, 6) is 1.99. The number of anilines is 1. The van der Waals surface area contributed by atoms with Gasteiger partial charge >= 0.3 is 0 Å². The molecule has 0 saturated heterocycles. The van der Waals surface area contributed by atoms with E-state index in [2.05, 4.69) is 9.97 Å². The van der Waals surface area contributed by atoms with Gasteiger partial charge in [0.15, 0.2) is 5.82 Å². The molecule has 4 heteroatoms. The summed E-state index contributed by atoms with van der Waals surface area (Å²) in [5, 5.41) is 0. The molecule has 94 valence electrons. The fourth-order valence-corrected chi connectivity index (χ4v) is 1.69. The van der Waals surface area contributed by atoms with E-state index in [0.717, 1.165) is 16.9 Å². The summed E-state index contributed by atoms with van der Waals surface area (Å²) < 4.78 is 5.69. The average molecular weight is 243 g/mol. The molecular formula is C14H17N3O. The maximum atomic E-state index is 5.69. The Morgan fingerprint density at radius 3 is 2.61 bits per heavy atom. The molecule has 4 nitrogen and oxygen atoms in total. The highest BCUT2D eigenvalue weighted by Gasteiger charge is 2.06. The third-order valence-corrected chi connectivity index (χ3v) is 2.47. The summed E-state index contributed by atoms with van der Waals surface area (Å²) in [6.07, 6.45) is 1.82. The molecule has 0 fully saturated rings. The van der Waals surface area contributed by atoms with Crippen molar-refractivity contribution in [3.63, 3.8) is 0 Å². The van der Waals surface area contributed by atoms with Crippen molar-refractivity contribution in [3.8, 4) is 17.1 Å². The van der Waals surface area contributed by atoms with Crippen LogP contribution < -0.4 is 10.5 Å². The Bertz CT molecular complexity index is 552. The monoisotopic (exact) mass is 243 g/mol. The molecule has 2 rings (SSSR count). The van der Waals surface area contributed by atoms with Crippen LogP contribution in [0.15, 0.2) is 30.5 Å². The van der Waals surface area contributed by atoms with Gasteiger partial charge in [-0.25, -0.2) is 9.97 Å². The number of rotatable bonds is 3. The van der Waals surface area contributed by atoms with Crippen molar-refractivity contribution in [2.45, 2.75) is 26.9 Å². The van der Waals surface area contributed by atoms with Crippen LogP contribution in [-0.2, 0) is 0 Å². The van der Waals surface area contributed by atoms with Crippen molar-refractivity contribution in [1.29, 1.82) is 0 Å². The van der Waals surface area contributed by atoms with Gasteiger partial charge in [-0.15, -0.1) is 0 Å². The summed E-state index contributed by atoms with van der Waals surface area (Å²) in [4.78, 5) is 8.41. The van der Waals surface area contributed by atoms with Crippen LogP contribution >= 0.6 is 0 Å². The highest BCUT2D eigenvalue weighted by molar-refractivity contribution is 5.59. The van der Waals surface area contributed by atoms with Gasteiger partial charge in [0.05, 0.1) is 6.10 Å². The van der Waals surface area contributed by atoms with Gasteiger partial charge in [0.1, 0.15) is 11.6 Å². The Morgan fingerprint density at radius 1 is 1.22 bits per heavy atom. The quantitative estimate of drug-likeness (QED) is 0.900. The van der Waals surface area contributed by atoms with Gasteiger partial charge in [-0.3, -0.25) is 0 Å². The summed E-state index contributed by atoms with van der Waals surface area (Å²) in [6.45, 7) is 6.02. The fourth-order valence-electron chi connectivity index (χ4n) is 1.69. The molecule has 0 amide bonds. The second-order valence-corrected chi connectivity index (χ2v) is 4.45. The Kier molecular flexibility index (Phi) is 3.46. The van der Waals surface area contributed by atoms with Crippen LogP contribution in [-0.4, -0.2) is 16.1 Å². The van der Waals surface area contributed by atoms with E-state index < -0.39 is 0 Å². The van der Waals surface area contributed by atoms with Crippen LogP contribution in [0.4, 0.5) is 5.82 Å². The van der Waals surface area contributed by atoms with E-state index in [0.29, 0.717) is 11.6 Å². The SMILES string of the molecule is Cc1cc(-c2nccc(N)n2)ccc1OC(C)C. The van der Waals surface area contributed by atoms with Crippen molar-refractivity contribution in [1.82, 2.24) is 9.97 Å². The second kappa shape index (κ2) is 5.04. The standard InChI is InChI=1S/C14H17N3O/c1-9(2)18-12-5-4-11(8-10(12)3)14-16-7-6-13(15)17-14/h4-9H,1-3H3,(H2,15,16,17). The average Bonchev–Trinajstić information content (AvgIpc) is 2.31. The maximum absolute atomic E-state index is 5.69. The number of ether oxygens (including phenoxy) is 1. The number of benzene rings is 1. The number of hydrogen-bond donors (Lipinski definition) is 1. The van der Waals surface area contributed by atoms with E-state index in [1.165, 1.54) is 0 Å². The predicted octanol–water partition coefficient (Wildman–Crippen LogP) is 2.82. The van der Waals surface area contributed by atoms with Crippen LogP contribution in [0.25, 0.3) is 11.4 Å². The number of aryl methyl sites for hydroxylation is 1. The molecule has 2 N–H and O–H groups in total. The molecule has 0 unspecified atom stereocenters. The number of hydrogen-bond acceptors (Lipinski definition) is 4. The lowest BCUT2D eigenvalue weighted by atomic mass is 10.1. The third kappa shape index (κ3) is 2.77. The molecule has 1 heterocycles. The van der Waals surface area contributed by atoms with Gasteiger partial charge in [0.2, 0.25) is 0 Å². The second-order valence-electron chi connectivity index (χ2n) is 4.45. The molecule has 0 saturated carbocycles. The first-order valence-electron chi connectivity index (χ1n) is 5.92. The highest BCUT2D eigenvalue weighted by atomic mass is 16.5. The Labute approximate surface area is 107 Å². The minimum atomic E-state index is 0.165. The van der Waals surface area contributed by atoms with Gasteiger partial charge in [-0.05, 0) is 50.6 Å². The molecule has 0 aliphatic heterocycles. The van der Waals surface area contributed by atoms with Crippen LogP contribution in [0.1, 0.15) is 19.4 Å². The fraction of sp³-hybridized carbons (Fsp3) is 0.286. The summed E-state index contributed by atoms with van der Waals surface area (Å²) in [6, 6.07) is 7.57. The van der Waals surface area contributed by atoms with Crippen molar-refractivity contribution in [2.75, 3.05) is 5.73 Å². The first kappa shape index (κ1) is 12.4. The van der Waals surface area contributed by atoms with E-state index in [1.54, 1.807) is 12.3 Å².